The van der Waals surface area contributed by atoms with E-state index >= 15 is 0 Å². The molecule has 7 nitrogen and oxygen atoms in total. The maximum Gasteiger partial charge on any atom is 0.259 e. The zero-order valence-corrected chi connectivity index (χ0v) is 17.6. The zero-order chi connectivity index (χ0) is 21.4. The monoisotopic (exact) mass is 437 g/mol. The van der Waals surface area contributed by atoms with Gasteiger partial charge in [-0.1, -0.05) is 17.7 Å². The van der Waals surface area contributed by atoms with E-state index in [9.17, 15) is 4.79 Å². The van der Waals surface area contributed by atoms with Crippen molar-refractivity contribution in [1.29, 1.82) is 0 Å². The molecule has 0 spiro atoms. The first-order valence-electron chi connectivity index (χ1n) is 9.96. The minimum Gasteiger partial charge on any atom is -0.489 e. The average molecular weight is 438 g/mol. The summed E-state index contributed by atoms with van der Waals surface area (Å²) in [5.41, 5.74) is 2.78. The number of nitrogens with zero attached hydrogens (tertiary/aromatic N) is 2. The van der Waals surface area contributed by atoms with Gasteiger partial charge in [-0.3, -0.25) is 4.79 Å². The third-order valence-corrected chi connectivity index (χ3v) is 5.38. The van der Waals surface area contributed by atoms with E-state index in [4.69, 9.17) is 25.8 Å². The smallest absolute Gasteiger partial charge is 0.259 e. The lowest BCUT2D eigenvalue weighted by molar-refractivity contribution is 0.102. The second kappa shape index (κ2) is 8.00. The van der Waals surface area contributed by atoms with Crippen LogP contribution in [0.4, 0.5) is 17.2 Å². The van der Waals surface area contributed by atoms with Crippen molar-refractivity contribution in [1.82, 2.24) is 4.98 Å². The van der Waals surface area contributed by atoms with Gasteiger partial charge in [0.2, 0.25) is 0 Å². The lowest BCUT2D eigenvalue weighted by atomic mass is 10.1. The molecular formula is C23H20ClN3O4. The molecule has 1 amide bonds. The van der Waals surface area contributed by atoms with Gasteiger partial charge in [0.25, 0.3) is 5.91 Å². The molecule has 2 aromatic carbocycles. The lowest BCUT2D eigenvalue weighted by Crippen LogP contribution is -2.30. The number of hydrogen-bond donors (Lipinski definition) is 1. The van der Waals surface area contributed by atoms with Crippen LogP contribution in [0, 0.1) is 6.92 Å². The van der Waals surface area contributed by atoms with Gasteiger partial charge in [0.15, 0.2) is 23.1 Å². The fourth-order valence-corrected chi connectivity index (χ4v) is 4.01. The Kier molecular flexibility index (Phi) is 5.03. The predicted molar refractivity (Wildman–Crippen MR) is 118 cm³/mol. The number of rotatable bonds is 3. The van der Waals surface area contributed by atoms with Crippen LogP contribution < -0.4 is 24.4 Å². The summed E-state index contributed by atoms with van der Waals surface area (Å²) in [7, 11) is 0. The van der Waals surface area contributed by atoms with Gasteiger partial charge in [0.05, 0.1) is 22.8 Å². The minimum atomic E-state index is -0.279. The Morgan fingerprint density at radius 1 is 1.06 bits per heavy atom. The van der Waals surface area contributed by atoms with Crippen molar-refractivity contribution < 1.29 is 19.0 Å². The number of aromatic nitrogens is 1. The molecule has 158 valence electrons. The molecule has 31 heavy (non-hydrogen) atoms. The summed E-state index contributed by atoms with van der Waals surface area (Å²) in [6.07, 6.45) is 1.77. The SMILES string of the molecule is Cc1cnc(N2CCOc3c(C(=O)Nc4ccc5c(c4)OCCO5)cccc32)c(Cl)c1. The van der Waals surface area contributed by atoms with Crippen LogP contribution in [0.25, 0.3) is 0 Å². The molecule has 1 N–H and O–H groups in total. The number of pyridine rings is 1. The van der Waals surface area contributed by atoms with Gasteiger partial charge in [-0.15, -0.1) is 0 Å². The van der Waals surface area contributed by atoms with Crippen LogP contribution in [0.2, 0.25) is 5.02 Å². The second-order valence-corrected chi connectivity index (χ2v) is 7.69. The third-order valence-electron chi connectivity index (χ3n) is 5.11. The van der Waals surface area contributed by atoms with E-state index in [1.54, 1.807) is 30.5 Å². The lowest BCUT2D eigenvalue weighted by Gasteiger charge is -2.32. The van der Waals surface area contributed by atoms with Gasteiger partial charge >= 0.3 is 0 Å². The Hall–Kier alpha value is -3.45. The molecule has 0 saturated carbocycles. The first kappa shape index (κ1) is 19.5. The first-order valence-corrected chi connectivity index (χ1v) is 10.3. The molecule has 0 saturated heterocycles. The van der Waals surface area contributed by atoms with Crippen LogP contribution in [0.1, 0.15) is 15.9 Å². The predicted octanol–water partition coefficient (Wildman–Crippen LogP) is 4.60. The quantitative estimate of drug-likeness (QED) is 0.645. The van der Waals surface area contributed by atoms with Crippen molar-refractivity contribution in [3.8, 4) is 17.2 Å². The molecule has 2 aliphatic heterocycles. The van der Waals surface area contributed by atoms with Crippen molar-refractivity contribution >= 4 is 34.7 Å². The summed E-state index contributed by atoms with van der Waals surface area (Å²) in [5.74, 6) is 2.14. The molecule has 3 heterocycles. The number of hydrogen-bond acceptors (Lipinski definition) is 6. The summed E-state index contributed by atoms with van der Waals surface area (Å²) in [4.78, 5) is 19.6. The summed E-state index contributed by atoms with van der Waals surface area (Å²) in [5, 5.41) is 3.47. The number of anilines is 3. The number of fused-ring (bicyclic) bond motifs is 2. The molecular weight excluding hydrogens is 418 g/mol. The van der Waals surface area contributed by atoms with Crippen molar-refractivity contribution in [2.45, 2.75) is 6.92 Å². The van der Waals surface area contributed by atoms with E-state index in [1.807, 2.05) is 30.0 Å². The second-order valence-electron chi connectivity index (χ2n) is 7.28. The zero-order valence-electron chi connectivity index (χ0n) is 16.9. The van der Waals surface area contributed by atoms with Gasteiger partial charge < -0.3 is 24.4 Å². The maximum absolute atomic E-state index is 13.1. The number of halogens is 1. The molecule has 0 unspecified atom stereocenters. The summed E-state index contributed by atoms with van der Waals surface area (Å²) in [6.45, 7) is 3.93. The van der Waals surface area contributed by atoms with Crippen molar-refractivity contribution in [3.05, 3.63) is 64.8 Å². The highest BCUT2D eigenvalue weighted by molar-refractivity contribution is 6.33. The molecule has 0 bridgehead atoms. The average Bonchev–Trinajstić information content (AvgIpc) is 2.78. The van der Waals surface area contributed by atoms with Crippen LogP contribution in [-0.2, 0) is 0 Å². The van der Waals surface area contributed by atoms with Gasteiger partial charge in [-0.25, -0.2) is 4.98 Å². The fraction of sp³-hybridized carbons (Fsp3) is 0.217. The molecule has 0 fully saturated rings. The Labute approximate surface area is 184 Å². The molecule has 2 aliphatic rings. The standard InChI is InChI=1S/C23H20ClN3O4/c1-14-11-17(24)22(25-13-14)27-7-8-31-21-16(3-2-4-18(21)27)23(28)26-15-5-6-19-20(12-15)30-10-9-29-19/h2-6,11-13H,7-10H2,1H3,(H,26,28). The molecule has 3 aromatic rings. The fourth-order valence-electron chi connectivity index (χ4n) is 3.69. The Bertz CT molecular complexity index is 1170. The maximum atomic E-state index is 13.1. The molecule has 1 aromatic heterocycles. The summed E-state index contributed by atoms with van der Waals surface area (Å²) < 4.78 is 17.0. The summed E-state index contributed by atoms with van der Waals surface area (Å²) in [6, 6.07) is 12.6. The van der Waals surface area contributed by atoms with E-state index in [-0.39, 0.29) is 5.91 Å². The molecule has 5 rings (SSSR count). The highest BCUT2D eigenvalue weighted by Gasteiger charge is 2.27. The van der Waals surface area contributed by atoms with Crippen molar-refractivity contribution in [2.75, 3.05) is 36.6 Å². The van der Waals surface area contributed by atoms with Crippen LogP contribution in [0.5, 0.6) is 17.2 Å². The van der Waals surface area contributed by atoms with Crippen molar-refractivity contribution in [3.63, 3.8) is 0 Å². The third kappa shape index (κ3) is 3.72. The van der Waals surface area contributed by atoms with Crippen LogP contribution in [0.3, 0.4) is 0 Å². The van der Waals surface area contributed by atoms with Crippen LogP contribution in [0.15, 0.2) is 48.7 Å². The minimum absolute atomic E-state index is 0.279. The van der Waals surface area contributed by atoms with Crippen LogP contribution in [-0.4, -0.2) is 37.3 Å². The number of carbonyl (C=O) groups is 1. The van der Waals surface area contributed by atoms with E-state index in [1.165, 1.54) is 0 Å². The molecule has 0 atom stereocenters. The molecule has 8 heteroatoms. The highest BCUT2D eigenvalue weighted by atomic mass is 35.5. The highest BCUT2D eigenvalue weighted by Crippen LogP contribution is 2.41. The van der Waals surface area contributed by atoms with Gasteiger partial charge in [-0.05, 0) is 42.8 Å². The Balaban J connectivity index is 1.45. The topological polar surface area (TPSA) is 72.9 Å². The normalized spacial score (nSPS) is 14.5. The van der Waals surface area contributed by atoms with Gasteiger partial charge in [-0.2, -0.15) is 0 Å². The largest absolute Gasteiger partial charge is 0.489 e. The number of ether oxygens (including phenoxy) is 3. The van der Waals surface area contributed by atoms with Gasteiger partial charge in [0.1, 0.15) is 19.8 Å². The number of aryl methyl sites for hydroxylation is 1. The number of benzene rings is 2. The molecule has 0 radical (unpaired) electrons. The number of carbonyl (C=O) groups excluding carboxylic acids is 1. The summed E-state index contributed by atoms with van der Waals surface area (Å²) >= 11 is 6.45. The number of para-hydroxylation sites is 1. The van der Waals surface area contributed by atoms with E-state index in [2.05, 4.69) is 10.3 Å². The number of amides is 1. The van der Waals surface area contributed by atoms with E-state index in [0.717, 1.165) is 11.3 Å². The Morgan fingerprint density at radius 3 is 2.74 bits per heavy atom. The first-order chi connectivity index (χ1) is 15.1. The number of nitrogens with one attached hydrogen (secondary N) is 1. The van der Waals surface area contributed by atoms with Crippen molar-refractivity contribution in [2.24, 2.45) is 0 Å². The van der Waals surface area contributed by atoms with Gasteiger partial charge in [0, 0.05) is 18.0 Å². The molecule has 0 aliphatic carbocycles. The van der Waals surface area contributed by atoms with Crippen LogP contribution >= 0.6 is 11.6 Å². The van der Waals surface area contributed by atoms with E-state index in [0.29, 0.717) is 65.7 Å². The van der Waals surface area contributed by atoms with E-state index < -0.39 is 0 Å². The Morgan fingerprint density at radius 2 is 1.90 bits per heavy atom.